The highest BCUT2D eigenvalue weighted by atomic mass is 16.5. The molecule has 3 aliphatic carbocycles. The molecular formula is C15H26N2O2. The van der Waals surface area contributed by atoms with Crippen LogP contribution in [-0.4, -0.2) is 49.7 Å². The van der Waals surface area contributed by atoms with E-state index in [9.17, 15) is 4.79 Å². The highest BCUT2D eigenvalue weighted by Crippen LogP contribution is 2.43. The van der Waals surface area contributed by atoms with E-state index in [4.69, 9.17) is 4.74 Å². The van der Waals surface area contributed by atoms with E-state index in [1.165, 1.54) is 32.8 Å². The van der Waals surface area contributed by atoms with Crippen molar-refractivity contribution >= 4 is 5.97 Å². The SMILES string of the molecule is COC(=O)C(CN(C)CC1CC1)(NC1CC1)C1CC1. The number of likely N-dealkylation sites (N-methyl/N-ethyl adjacent to an activating group) is 1. The zero-order chi connectivity index (χ0) is 13.5. The monoisotopic (exact) mass is 266 g/mol. The maximum Gasteiger partial charge on any atom is 0.327 e. The molecule has 1 atom stereocenters. The molecule has 4 heteroatoms. The van der Waals surface area contributed by atoms with E-state index in [1.54, 1.807) is 0 Å². The van der Waals surface area contributed by atoms with Gasteiger partial charge in [0.15, 0.2) is 0 Å². The van der Waals surface area contributed by atoms with Gasteiger partial charge in [-0.1, -0.05) is 0 Å². The third kappa shape index (κ3) is 3.11. The average molecular weight is 266 g/mol. The third-order valence-electron chi connectivity index (χ3n) is 4.65. The van der Waals surface area contributed by atoms with Crippen molar-refractivity contribution in [1.82, 2.24) is 10.2 Å². The van der Waals surface area contributed by atoms with Crippen LogP contribution in [0, 0.1) is 11.8 Å². The highest BCUT2D eigenvalue weighted by Gasteiger charge is 2.54. The van der Waals surface area contributed by atoms with Crippen LogP contribution in [-0.2, 0) is 9.53 Å². The average Bonchev–Trinajstić information content (AvgIpc) is 3.23. The highest BCUT2D eigenvalue weighted by molar-refractivity contribution is 5.82. The minimum Gasteiger partial charge on any atom is -0.468 e. The Hall–Kier alpha value is -0.610. The van der Waals surface area contributed by atoms with Crippen molar-refractivity contribution in [3.8, 4) is 0 Å². The Morgan fingerprint density at radius 2 is 1.95 bits per heavy atom. The Morgan fingerprint density at radius 3 is 2.42 bits per heavy atom. The van der Waals surface area contributed by atoms with E-state index >= 15 is 0 Å². The van der Waals surface area contributed by atoms with Crippen molar-refractivity contribution in [2.24, 2.45) is 11.8 Å². The fourth-order valence-electron chi connectivity index (χ4n) is 3.16. The molecule has 0 aromatic heterocycles. The second-order valence-electron chi connectivity index (χ2n) is 6.80. The number of nitrogens with one attached hydrogen (secondary N) is 1. The van der Waals surface area contributed by atoms with Crippen molar-refractivity contribution < 1.29 is 9.53 Å². The standard InChI is InChI=1S/C15H26N2O2/c1-17(9-11-3-4-11)10-15(12-5-6-12,14(18)19-2)16-13-7-8-13/h11-13,16H,3-10H2,1-2H3. The lowest BCUT2D eigenvalue weighted by atomic mass is 9.91. The first-order valence-corrected chi connectivity index (χ1v) is 7.68. The number of methoxy groups -OCH3 is 1. The van der Waals surface area contributed by atoms with Gasteiger partial charge in [0.1, 0.15) is 5.54 Å². The molecule has 0 spiro atoms. The molecule has 3 rings (SSSR count). The predicted molar refractivity (Wildman–Crippen MR) is 73.8 cm³/mol. The first-order chi connectivity index (χ1) is 9.14. The molecule has 3 aliphatic rings. The van der Waals surface area contributed by atoms with Crippen molar-refractivity contribution in [3.05, 3.63) is 0 Å². The summed E-state index contributed by atoms with van der Waals surface area (Å²) in [5.74, 6) is 1.28. The van der Waals surface area contributed by atoms with Crippen LogP contribution in [0.15, 0.2) is 0 Å². The van der Waals surface area contributed by atoms with Gasteiger partial charge in [-0.15, -0.1) is 0 Å². The van der Waals surface area contributed by atoms with E-state index in [-0.39, 0.29) is 5.97 Å². The minimum absolute atomic E-state index is 0.0513. The molecule has 1 N–H and O–H groups in total. The molecule has 0 aromatic carbocycles. The normalized spacial score (nSPS) is 26.3. The molecular weight excluding hydrogens is 240 g/mol. The summed E-state index contributed by atoms with van der Waals surface area (Å²) < 4.78 is 5.14. The molecule has 3 saturated carbocycles. The number of rotatable bonds is 8. The summed E-state index contributed by atoms with van der Waals surface area (Å²) in [6.07, 6.45) is 7.44. The largest absolute Gasteiger partial charge is 0.468 e. The Bertz CT molecular complexity index is 348. The molecule has 0 saturated heterocycles. The van der Waals surface area contributed by atoms with Gasteiger partial charge >= 0.3 is 5.97 Å². The second kappa shape index (κ2) is 5.06. The maximum atomic E-state index is 12.4. The van der Waals surface area contributed by atoms with Gasteiger partial charge in [0.05, 0.1) is 7.11 Å². The fourth-order valence-corrected chi connectivity index (χ4v) is 3.16. The summed E-state index contributed by atoms with van der Waals surface area (Å²) in [6.45, 7) is 1.93. The van der Waals surface area contributed by atoms with E-state index in [2.05, 4.69) is 17.3 Å². The molecule has 0 bridgehead atoms. The predicted octanol–water partition coefficient (Wildman–Crippen LogP) is 1.40. The van der Waals surface area contributed by atoms with Gasteiger partial charge in [-0.05, 0) is 57.4 Å². The van der Waals surface area contributed by atoms with Crippen LogP contribution in [0.25, 0.3) is 0 Å². The van der Waals surface area contributed by atoms with Gasteiger partial charge in [-0.3, -0.25) is 5.32 Å². The van der Waals surface area contributed by atoms with Crippen molar-refractivity contribution in [2.45, 2.75) is 50.1 Å². The van der Waals surface area contributed by atoms with Crippen LogP contribution < -0.4 is 5.32 Å². The molecule has 0 aliphatic heterocycles. The summed E-state index contributed by atoms with van der Waals surface area (Å²) in [7, 11) is 3.67. The van der Waals surface area contributed by atoms with Crippen LogP contribution in [0.4, 0.5) is 0 Å². The first-order valence-electron chi connectivity index (χ1n) is 7.68. The number of esters is 1. The third-order valence-corrected chi connectivity index (χ3v) is 4.65. The van der Waals surface area contributed by atoms with Gasteiger partial charge in [-0.2, -0.15) is 0 Å². The van der Waals surface area contributed by atoms with Crippen LogP contribution in [0.1, 0.15) is 38.5 Å². The zero-order valence-corrected chi connectivity index (χ0v) is 12.2. The van der Waals surface area contributed by atoms with Gasteiger partial charge in [0.2, 0.25) is 0 Å². The number of hydrogen-bond donors (Lipinski definition) is 1. The van der Waals surface area contributed by atoms with Crippen molar-refractivity contribution in [2.75, 3.05) is 27.2 Å². The zero-order valence-electron chi connectivity index (χ0n) is 12.2. The van der Waals surface area contributed by atoms with Crippen molar-refractivity contribution in [3.63, 3.8) is 0 Å². The van der Waals surface area contributed by atoms with Gasteiger partial charge < -0.3 is 9.64 Å². The summed E-state index contributed by atoms with van der Waals surface area (Å²) in [5, 5.41) is 3.63. The number of carbonyl (C=O) groups excluding carboxylic acids is 1. The van der Waals surface area contributed by atoms with Crippen LogP contribution >= 0.6 is 0 Å². The van der Waals surface area contributed by atoms with Gasteiger partial charge in [-0.25, -0.2) is 4.79 Å². The van der Waals surface area contributed by atoms with Crippen LogP contribution in [0.3, 0.4) is 0 Å². The van der Waals surface area contributed by atoms with E-state index in [0.29, 0.717) is 12.0 Å². The summed E-state index contributed by atoms with van der Waals surface area (Å²) in [4.78, 5) is 14.7. The van der Waals surface area contributed by atoms with E-state index in [1.807, 2.05) is 0 Å². The van der Waals surface area contributed by atoms with Gasteiger partial charge in [0.25, 0.3) is 0 Å². The second-order valence-corrected chi connectivity index (χ2v) is 6.80. The lowest BCUT2D eigenvalue weighted by Gasteiger charge is -2.36. The minimum atomic E-state index is -0.445. The summed E-state index contributed by atoms with van der Waals surface area (Å²) >= 11 is 0. The number of carbonyl (C=O) groups is 1. The Labute approximate surface area is 115 Å². The molecule has 4 nitrogen and oxygen atoms in total. The van der Waals surface area contributed by atoms with E-state index < -0.39 is 5.54 Å². The number of nitrogens with zero attached hydrogens (tertiary/aromatic N) is 1. The lowest BCUT2D eigenvalue weighted by Crippen LogP contribution is -2.61. The van der Waals surface area contributed by atoms with E-state index in [0.717, 1.165) is 31.8 Å². The Morgan fingerprint density at radius 1 is 1.26 bits per heavy atom. The van der Waals surface area contributed by atoms with Crippen LogP contribution in [0.2, 0.25) is 0 Å². The fraction of sp³-hybridized carbons (Fsp3) is 0.933. The molecule has 0 aromatic rings. The lowest BCUT2D eigenvalue weighted by molar-refractivity contribution is -0.150. The maximum absolute atomic E-state index is 12.4. The van der Waals surface area contributed by atoms with Gasteiger partial charge in [0, 0.05) is 19.1 Å². The molecule has 1 unspecified atom stereocenters. The Balaban J connectivity index is 1.69. The van der Waals surface area contributed by atoms with Crippen LogP contribution in [0.5, 0.6) is 0 Å². The number of hydrogen-bond acceptors (Lipinski definition) is 4. The molecule has 19 heavy (non-hydrogen) atoms. The molecule has 108 valence electrons. The summed E-state index contributed by atoms with van der Waals surface area (Å²) in [5.41, 5.74) is -0.445. The number of ether oxygens (including phenoxy) is 1. The summed E-state index contributed by atoms with van der Waals surface area (Å²) in [6, 6.07) is 0.536. The smallest absolute Gasteiger partial charge is 0.327 e. The quantitative estimate of drug-likeness (QED) is 0.674. The molecule has 0 heterocycles. The molecule has 0 radical (unpaired) electrons. The topological polar surface area (TPSA) is 41.6 Å². The molecule has 3 fully saturated rings. The molecule has 0 amide bonds. The Kier molecular flexibility index (Phi) is 3.56. The first kappa shape index (κ1) is 13.4. The van der Waals surface area contributed by atoms with Crippen molar-refractivity contribution in [1.29, 1.82) is 0 Å².